The summed E-state index contributed by atoms with van der Waals surface area (Å²) in [7, 11) is 0. The average Bonchev–Trinajstić information content (AvgIpc) is 2.63. The molecule has 2 aromatic carbocycles. The number of amides is 2. The molecule has 3 aromatic rings. The minimum absolute atomic E-state index is 0.00635. The van der Waals surface area contributed by atoms with Crippen molar-refractivity contribution in [3.05, 3.63) is 47.7 Å². The quantitative estimate of drug-likeness (QED) is 0.587. The smallest absolute Gasteiger partial charge is 0.333 e. The number of carbonyl (C=O) groups excluding carboxylic acids is 1. The second-order valence-electron chi connectivity index (χ2n) is 6.81. The molecule has 0 atom stereocenters. The normalized spacial score (nSPS) is 11.0. The van der Waals surface area contributed by atoms with E-state index in [1.807, 2.05) is 58.0 Å². The van der Waals surface area contributed by atoms with Crippen LogP contribution in [0.3, 0.4) is 0 Å². The Morgan fingerprint density at radius 3 is 2.41 bits per heavy atom. The molecule has 0 aliphatic carbocycles. The molecule has 0 fully saturated rings. The number of phenolic OH excluding ortho intramolecular Hbond substituents is 1. The summed E-state index contributed by atoms with van der Waals surface area (Å²) in [5.74, 6) is 0.655. The predicted molar refractivity (Wildman–Crippen MR) is 111 cm³/mol. The maximum absolute atomic E-state index is 12.1. The molecular formula is C20H22N4O2S. The third-order valence-electron chi connectivity index (χ3n) is 4.18. The van der Waals surface area contributed by atoms with Gasteiger partial charge in [0.2, 0.25) is 0 Å². The number of hydrogen-bond donors (Lipinski definition) is 3. The lowest BCUT2D eigenvalue weighted by atomic mass is 9.99. The molecule has 2 N–H and O–H groups in total. The van der Waals surface area contributed by atoms with Crippen molar-refractivity contribution in [3.8, 4) is 16.9 Å². The van der Waals surface area contributed by atoms with Gasteiger partial charge in [0.15, 0.2) is 5.82 Å². The molecule has 7 heteroatoms. The van der Waals surface area contributed by atoms with Gasteiger partial charge in [0.1, 0.15) is 5.75 Å². The van der Waals surface area contributed by atoms with Crippen LogP contribution < -0.4 is 9.62 Å². The van der Waals surface area contributed by atoms with Crippen molar-refractivity contribution in [2.24, 2.45) is 0 Å². The van der Waals surface area contributed by atoms with Gasteiger partial charge in [-0.15, -0.1) is 0 Å². The van der Waals surface area contributed by atoms with Crippen LogP contribution in [0.5, 0.6) is 5.75 Å². The van der Waals surface area contributed by atoms with Crippen molar-refractivity contribution >= 4 is 35.7 Å². The van der Waals surface area contributed by atoms with E-state index in [0.29, 0.717) is 17.1 Å². The number of phenols is 1. The van der Waals surface area contributed by atoms with Crippen LogP contribution in [0.1, 0.15) is 25.0 Å². The fourth-order valence-corrected chi connectivity index (χ4v) is 2.97. The van der Waals surface area contributed by atoms with Gasteiger partial charge in [-0.3, -0.25) is 4.98 Å². The van der Waals surface area contributed by atoms with Crippen molar-refractivity contribution in [1.82, 2.24) is 15.3 Å². The Morgan fingerprint density at radius 1 is 1.11 bits per heavy atom. The van der Waals surface area contributed by atoms with E-state index < -0.39 is 0 Å². The Balaban J connectivity index is 2.01. The summed E-state index contributed by atoms with van der Waals surface area (Å²) in [6, 6.07) is 9.26. The maximum Gasteiger partial charge on any atom is 0.333 e. The molecule has 6 nitrogen and oxygen atoms in total. The van der Waals surface area contributed by atoms with Crippen molar-refractivity contribution in [2.45, 2.75) is 33.7 Å². The Bertz CT molecular complexity index is 997. The highest BCUT2D eigenvalue weighted by molar-refractivity contribution is 7.82. The standard InChI is InChI=1S/C20H22N4O2S/c1-11(2)22-20(26)24(27)18-10-21-16-6-5-14(9-17(16)23-18)15-7-12(3)19(25)13(4)8-15/h5-11,25,27H,1-4H3,(H,22,26). The zero-order valence-corrected chi connectivity index (χ0v) is 16.6. The molecule has 27 heavy (non-hydrogen) atoms. The summed E-state index contributed by atoms with van der Waals surface area (Å²) in [6.07, 6.45) is 1.52. The SMILES string of the molecule is Cc1cc(-c2ccc3ncc(N(S)C(=O)NC(C)C)nc3c2)cc(C)c1O. The summed E-state index contributed by atoms with van der Waals surface area (Å²) >= 11 is 4.24. The zero-order chi connectivity index (χ0) is 19.7. The number of rotatable bonds is 3. The first-order chi connectivity index (χ1) is 12.8. The number of aromatic nitrogens is 2. The molecule has 0 radical (unpaired) electrons. The van der Waals surface area contributed by atoms with Gasteiger partial charge in [0.25, 0.3) is 0 Å². The molecule has 0 saturated carbocycles. The number of urea groups is 1. The van der Waals surface area contributed by atoms with Gasteiger partial charge in [0, 0.05) is 6.04 Å². The van der Waals surface area contributed by atoms with Crippen LogP contribution >= 0.6 is 12.8 Å². The van der Waals surface area contributed by atoms with E-state index in [-0.39, 0.29) is 12.1 Å². The number of nitrogens with zero attached hydrogens (tertiary/aromatic N) is 3. The number of anilines is 1. The Hall–Kier alpha value is -2.80. The van der Waals surface area contributed by atoms with E-state index in [2.05, 4.69) is 28.1 Å². The molecule has 140 valence electrons. The van der Waals surface area contributed by atoms with Crippen molar-refractivity contribution in [3.63, 3.8) is 0 Å². The second-order valence-corrected chi connectivity index (χ2v) is 7.21. The van der Waals surface area contributed by atoms with Crippen LogP contribution in [0.15, 0.2) is 36.5 Å². The first kappa shape index (κ1) is 19.0. The number of nitrogens with one attached hydrogen (secondary N) is 1. The Morgan fingerprint density at radius 2 is 1.78 bits per heavy atom. The Kier molecular flexibility index (Phi) is 5.23. The lowest BCUT2D eigenvalue weighted by Gasteiger charge is -2.17. The molecular weight excluding hydrogens is 360 g/mol. The van der Waals surface area contributed by atoms with Gasteiger partial charge >= 0.3 is 6.03 Å². The van der Waals surface area contributed by atoms with Gasteiger partial charge in [-0.05, 0) is 74.2 Å². The lowest BCUT2D eigenvalue weighted by Crippen LogP contribution is -2.38. The molecule has 1 heterocycles. The van der Waals surface area contributed by atoms with E-state index >= 15 is 0 Å². The van der Waals surface area contributed by atoms with Gasteiger partial charge in [-0.1, -0.05) is 18.9 Å². The number of aryl methyl sites for hydroxylation is 2. The molecule has 0 unspecified atom stereocenters. The molecule has 0 bridgehead atoms. The van der Waals surface area contributed by atoms with Crippen molar-refractivity contribution in [1.29, 1.82) is 0 Å². The maximum atomic E-state index is 12.1. The highest BCUT2D eigenvalue weighted by Gasteiger charge is 2.15. The average molecular weight is 382 g/mol. The van der Waals surface area contributed by atoms with Crippen LogP contribution in [-0.4, -0.2) is 27.1 Å². The molecule has 3 rings (SSSR count). The number of thiol groups is 1. The van der Waals surface area contributed by atoms with E-state index in [4.69, 9.17) is 0 Å². The van der Waals surface area contributed by atoms with E-state index in [1.165, 1.54) is 6.20 Å². The fourth-order valence-electron chi connectivity index (χ4n) is 2.82. The van der Waals surface area contributed by atoms with Crippen molar-refractivity contribution in [2.75, 3.05) is 4.31 Å². The fraction of sp³-hybridized carbons (Fsp3) is 0.250. The minimum atomic E-state index is -0.358. The highest BCUT2D eigenvalue weighted by atomic mass is 32.1. The van der Waals surface area contributed by atoms with E-state index in [1.54, 1.807) is 0 Å². The highest BCUT2D eigenvalue weighted by Crippen LogP contribution is 2.30. The summed E-state index contributed by atoms with van der Waals surface area (Å²) in [5.41, 5.74) is 4.95. The Labute approximate surface area is 163 Å². The van der Waals surface area contributed by atoms with Gasteiger partial charge in [-0.2, -0.15) is 0 Å². The van der Waals surface area contributed by atoms with Crippen LogP contribution in [0.4, 0.5) is 10.6 Å². The summed E-state index contributed by atoms with van der Waals surface area (Å²) < 4.78 is 1.15. The third-order valence-corrected chi connectivity index (χ3v) is 4.56. The number of hydrogen-bond acceptors (Lipinski definition) is 5. The zero-order valence-electron chi connectivity index (χ0n) is 15.7. The topological polar surface area (TPSA) is 78.4 Å². The molecule has 1 aromatic heterocycles. The summed E-state index contributed by atoms with van der Waals surface area (Å²) in [6.45, 7) is 7.49. The first-order valence-electron chi connectivity index (χ1n) is 8.63. The third kappa shape index (κ3) is 3.98. The second kappa shape index (κ2) is 7.44. The van der Waals surface area contributed by atoms with Crippen LogP contribution in [0, 0.1) is 13.8 Å². The molecule has 0 aliphatic heterocycles. The lowest BCUT2D eigenvalue weighted by molar-refractivity contribution is 0.247. The van der Waals surface area contributed by atoms with Crippen LogP contribution in [-0.2, 0) is 0 Å². The molecule has 0 spiro atoms. The predicted octanol–water partition coefficient (Wildman–Crippen LogP) is 4.39. The molecule has 2 amide bonds. The number of aromatic hydroxyl groups is 1. The molecule has 0 saturated heterocycles. The van der Waals surface area contributed by atoms with Crippen LogP contribution in [0.2, 0.25) is 0 Å². The van der Waals surface area contributed by atoms with Crippen molar-refractivity contribution < 1.29 is 9.90 Å². The number of benzene rings is 2. The minimum Gasteiger partial charge on any atom is -0.507 e. The monoisotopic (exact) mass is 382 g/mol. The van der Waals surface area contributed by atoms with Gasteiger partial charge in [0.05, 0.1) is 17.2 Å². The largest absolute Gasteiger partial charge is 0.507 e. The van der Waals surface area contributed by atoms with E-state index in [0.717, 1.165) is 32.1 Å². The summed E-state index contributed by atoms with van der Waals surface area (Å²) in [5, 5.41) is 12.8. The van der Waals surface area contributed by atoms with Crippen LogP contribution in [0.25, 0.3) is 22.2 Å². The number of carbonyl (C=O) groups is 1. The molecule has 0 aliphatic rings. The van der Waals surface area contributed by atoms with E-state index in [9.17, 15) is 9.90 Å². The van der Waals surface area contributed by atoms with Gasteiger partial charge in [-0.25, -0.2) is 14.1 Å². The first-order valence-corrected chi connectivity index (χ1v) is 9.03. The summed E-state index contributed by atoms with van der Waals surface area (Å²) in [4.78, 5) is 21.0. The number of fused-ring (bicyclic) bond motifs is 1. The van der Waals surface area contributed by atoms with Gasteiger partial charge < -0.3 is 10.4 Å².